The molecule has 2 N–H and O–H groups in total. The van der Waals surface area contributed by atoms with E-state index in [9.17, 15) is 18.0 Å². The minimum absolute atomic E-state index is 0.246. The molecule has 0 aliphatic rings. The van der Waals surface area contributed by atoms with Crippen molar-refractivity contribution in [2.45, 2.75) is 6.18 Å². The number of carbonyl (C=O) groups is 1. The summed E-state index contributed by atoms with van der Waals surface area (Å²) in [6, 6.07) is 6.68. The van der Waals surface area contributed by atoms with Gasteiger partial charge in [-0.25, -0.2) is 0 Å². The predicted molar refractivity (Wildman–Crippen MR) is 61.9 cm³/mol. The maximum absolute atomic E-state index is 11.8. The quantitative estimate of drug-likeness (QED) is 0.806. The van der Waals surface area contributed by atoms with Crippen molar-refractivity contribution in [1.82, 2.24) is 5.32 Å². The lowest BCUT2D eigenvalue weighted by Crippen LogP contribution is -2.37. The van der Waals surface area contributed by atoms with Gasteiger partial charge in [0.1, 0.15) is 6.54 Å². The van der Waals surface area contributed by atoms with Gasteiger partial charge >= 0.3 is 6.18 Å². The number of halogens is 3. The van der Waals surface area contributed by atoms with Crippen molar-refractivity contribution in [1.29, 1.82) is 0 Å². The molecule has 0 aliphatic heterocycles. The lowest BCUT2D eigenvalue weighted by molar-refractivity contribution is -0.137. The molecule has 0 saturated heterocycles. The number of hydrogen-bond acceptors (Lipinski definition) is 2. The fourth-order valence-electron chi connectivity index (χ4n) is 1.16. The predicted octanol–water partition coefficient (Wildman–Crippen LogP) is 1.76. The van der Waals surface area contributed by atoms with Crippen molar-refractivity contribution in [3.05, 3.63) is 29.8 Å². The molecule has 1 aromatic carbocycles. The maximum atomic E-state index is 11.8. The van der Waals surface area contributed by atoms with Gasteiger partial charge in [-0.2, -0.15) is 13.2 Å². The summed E-state index contributed by atoms with van der Waals surface area (Å²) in [5.74, 6) is 1.67. The van der Waals surface area contributed by atoms with Crippen LogP contribution in [0.2, 0.25) is 0 Å². The molecule has 1 rings (SSSR count). The Morgan fingerprint density at radius 3 is 2.72 bits per heavy atom. The summed E-state index contributed by atoms with van der Waals surface area (Å²) in [6.07, 6.45) is 0.784. The second-order valence-corrected chi connectivity index (χ2v) is 3.47. The Labute approximate surface area is 102 Å². The van der Waals surface area contributed by atoms with Gasteiger partial charge in [0.15, 0.2) is 0 Å². The summed E-state index contributed by atoms with van der Waals surface area (Å²) < 4.78 is 35.5. The van der Waals surface area contributed by atoms with Crippen LogP contribution in [0.3, 0.4) is 0 Å². The number of rotatable bonds is 4. The zero-order valence-corrected chi connectivity index (χ0v) is 9.34. The van der Waals surface area contributed by atoms with Crippen LogP contribution in [0.4, 0.5) is 18.9 Å². The van der Waals surface area contributed by atoms with Gasteiger partial charge in [0.2, 0.25) is 5.91 Å². The molecule has 0 fully saturated rings. The lowest BCUT2D eigenvalue weighted by atomic mass is 10.2. The zero-order valence-electron chi connectivity index (χ0n) is 9.34. The normalized spacial score (nSPS) is 10.6. The van der Waals surface area contributed by atoms with Gasteiger partial charge in [-0.1, -0.05) is 12.0 Å². The molecule has 1 aromatic rings. The highest BCUT2D eigenvalue weighted by Gasteiger charge is 2.27. The van der Waals surface area contributed by atoms with Crippen molar-refractivity contribution < 1.29 is 18.0 Å². The van der Waals surface area contributed by atoms with Gasteiger partial charge in [0.25, 0.3) is 0 Å². The first-order chi connectivity index (χ1) is 8.40. The van der Waals surface area contributed by atoms with Gasteiger partial charge in [0, 0.05) is 11.3 Å². The topological polar surface area (TPSA) is 41.1 Å². The third kappa shape index (κ3) is 5.25. The van der Waals surface area contributed by atoms with Crippen LogP contribution in [0.1, 0.15) is 5.56 Å². The smallest absolute Gasteiger partial charge is 0.376 e. The summed E-state index contributed by atoms with van der Waals surface area (Å²) in [4.78, 5) is 11.1. The van der Waals surface area contributed by atoms with Crippen LogP contribution in [0.25, 0.3) is 0 Å². The molecule has 0 unspecified atom stereocenters. The Morgan fingerprint density at radius 1 is 1.39 bits per heavy atom. The molecule has 96 valence electrons. The SMILES string of the molecule is C#Cc1cccc(NCC(=O)NCC(F)(F)F)c1. The van der Waals surface area contributed by atoms with Gasteiger partial charge in [-0.3, -0.25) is 4.79 Å². The summed E-state index contributed by atoms with van der Waals surface area (Å²) in [5, 5.41) is 4.44. The molecule has 0 aromatic heterocycles. The number of amides is 1. The van der Waals surface area contributed by atoms with Gasteiger partial charge in [0.05, 0.1) is 6.54 Å². The summed E-state index contributed by atoms with van der Waals surface area (Å²) in [6.45, 7) is -1.58. The molecule has 0 atom stereocenters. The van der Waals surface area contributed by atoms with Crippen molar-refractivity contribution in [3.63, 3.8) is 0 Å². The van der Waals surface area contributed by atoms with Gasteiger partial charge in [-0.15, -0.1) is 6.42 Å². The van der Waals surface area contributed by atoms with E-state index in [4.69, 9.17) is 6.42 Å². The van der Waals surface area contributed by atoms with Crippen molar-refractivity contribution in [2.24, 2.45) is 0 Å². The fourth-order valence-corrected chi connectivity index (χ4v) is 1.16. The number of nitrogens with one attached hydrogen (secondary N) is 2. The first kappa shape index (κ1) is 13.9. The maximum Gasteiger partial charge on any atom is 0.405 e. The Kier molecular flexibility index (Phi) is 4.60. The van der Waals surface area contributed by atoms with Crippen LogP contribution in [0, 0.1) is 12.3 Å². The number of alkyl halides is 3. The average Bonchev–Trinajstić information content (AvgIpc) is 2.33. The Morgan fingerprint density at radius 2 is 2.11 bits per heavy atom. The second-order valence-electron chi connectivity index (χ2n) is 3.47. The lowest BCUT2D eigenvalue weighted by Gasteiger charge is -2.09. The fraction of sp³-hybridized carbons (Fsp3) is 0.250. The largest absolute Gasteiger partial charge is 0.405 e. The van der Waals surface area contributed by atoms with E-state index in [1.54, 1.807) is 29.6 Å². The first-order valence-electron chi connectivity index (χ1n) is 5.05. The monoisotopic (exact) mass is 256 g/mol. The zero-order chi connectivity index (χ0) is 13.6. The molecule has 18 heavy (non-hydrogen) atoms. The number of terminal acetylenes is 1. The summed E-state index contributed by atoms with van der Waals surface area (Å²) in [7, 11) is 0. The van der Waals surface area contributed by atoms with Crippen LogP contribution >= 0.6 is 0 Å². The van der Waals surface area contributed by atoms with Gasteiger partial charge in [-0.05, 0) is 18.2 Å². The minimum atomic E-state index is -4.40. The van der Waals surface area contributed by atoms with E-state index < -0.39 is 18.6 Å². The average molecular weight is 256 g/mol. The van der Waals surface area contributed by atoms with E-state index in [1.165, 1.54) is 0 Å². The summed E-state index contributed by atoms with van der Waals surface area (Å²) >= 11 is 0. The Balaban J connectivity index is 2.41. The van der Waals surface area contributed by atoms with Crippen LogP contribution in [0.15, 0.2) is 24.3 Å². The third-order valence-corrected chi connectivity index (χ3v) is 1.97. The van der Waals surface area contributed by atoms with Crippen molar-refractivity contribution in [3.8, 4) is 12.3 Å². The van der Waals surface area contributed by atoms with E-state index in [0.717, 1.165) is 0 Å². The highest BCUT2D eigenvalue weighted by Crippen LogP contribution is 2.12. The van der Waals surface area contributed by atoms with Crippen LogP contribution in [-0.2, 0) is 4.79 Å². The molecule has 0 bridgehead atoms. The number of hydrogen-bond donors (Lipinski definition) is 2. The van der Waals surface area contributed by atoms with Gasteiger partial charge < -0.3 is 10.6 Å². The molecule has 6 heteroatoms. The molecule has 1 amide bonds. The van der Waals surface area contributed by atoms with E-state index in [2.05, 4.69) is 11.2 Å². The molecule has 0 heterocycles. The molecule has 0 aliphatic carbocycles. The minimum Gasteiger partial charge on any atom is -0.376 e. The molecular weight excluding hydrogens is 245 g/mol. The number of carbonyl (C=O) groups excluding carboxylic acids is 1. The van der Waals surface area contributed by atoms with Crippen LogP contribution in [-0.4, -0.2) is 25.2 Å². The van der Waals surface area contributed by atoms with Crippen molar-refractivity contribution >= 4 is 11.6 Å². The van der Waals surface area contributed by atoms with Crippen LogP contribution < -0.4 is 10.6 Å². The summed E-state index contributed by atoms with van der Waals surface area (Å²) in [5.41, 5.74) is 1.20. The van der Waals surface area contributed by atoms with Crippen LogP contribution in [0.5, 0.6) is 0 Å². The van der Waals surface area contributed by atoms with E-state index in [1.807, 2.05) is 0 Å². The first-order valence-corrected chi connectivity index (χ1v) is 5.05. The Bertz CT molecular complexity index is 463. The number of anilines is 1. The standard InChI is InChI=1S/C12H11F3N2O/c1-2-9-4-3-5-10(6-9)16-7-11(18)17-8-12(13,14)15/h1,3-6,16H,7-8H2,(H,17,18). The second kappa shape index (κ2) is 5.96. The molecule has 0 radical (unpaired) electrons. The van der Waals surface area contributed by atoms with E-state index in [-0.39, 0.29) is 6.54 Å². The molecule has 0 spiro atoms. The highest BCUT2D eigenvalue weighted by molar-refractivity contribution is 5.80. The molecule has 3 nitrogen and oxygen atoms in total. The number of benzene rings is 1. The molecule has 0 saturated carbocycles. The van der Waals surface area contributed by atoms with Crippen molar-refractivity contribution in [2.75, 3.05) is 18.4 Å². The van der Waals surface area contributed by atoms with E-state index >= 15 is 0 Å². The van der Waals surface area contributed by atoms with E-state index in [0.29, 0.717) is 11.3 Å². The highest BCUT2D eigenvalue weighted by atomic mass is 19.4. The Hall–Kier alpha value is -2.16. The third-order valence-electron chi connectivity index (χ3n) is 1.97. The molecular formula is C12H11F3N2O.